The average molecular weight is 324 g/mol. The van der Waals surface area contributed by atoms with Crippen molar-refractivity contribution in [1.29, 1.82) is 0 Å². The number of rotatable bonds is 10. The fourth-order valence-corrected chi connectivity index (χ4v) is 2.55. The van der Waals surface area contributed by atoms with E-state index < -0.39 is 0 Å². The zero-order valence-electron chi connectivity index (χ0n) is 13.8. The number of guanidine groups is 1. The van der Waals surface area contributed by atoms with E-state index in [9.17, 15) is 5.11 Å². The molecule has 1 rings (SSSR count). The molecule has 0 aliphatic heterocycles. The highest BCUT2D eigenvalue weighted by Gasteiger charge is 1.97. The SMILES string of the molecule is CCNC(=NCCCc1ccc(O)cc1)NCCCCSC. The molecule has 22 heavy (non-hydrogen) atoms. The van der Waals surface area contributed by atoms with Gasteiger partial charge in [-0.25, -0.2) is 0 Å². The summed E-state index contributed by atoms with van der Waals surface area (Å²) in [6, 6.07) is 7.40. The largest absolute Gasteiger partial charge is 0.508 e. The Bertz CT molecular complexity index is 420. The van der Waals surface area contributed by atoms with Crippen molar-refractivity contribution in [3.63, 3.8) is 0 Å². The molecule has 0 aliphatic carbocycles. The van der Waals surface area contributed by atoms with Crippen LogP contribution in [0.3, 0.4) is 0 Å². The van der Waals surface area contributed by atoms with Crippen molar-refractivity contribution in [2.75, 3.05) is 31.6 Å². The number of phenolic OH excluding ortho intramolecular Hbond substituents is 1. The molecule has 0 saturated heterocycles. The predicted octanol–water partition coefficient (Wildman–Crippen LogP) is 3.02. The average Bonchev–Trinajstić information content (AvgIpc) is 2.53. The van der Waals surface area contributed by atoms with Crippen molar-refractivity contribution in [2.45, 2.75) is 32.6 Å². The first-order chi connectivity index (χ1) is 10.8. The first kappa shape index (κ1) is 18.7. The minimum absolute atomic E-state index is 0.321. The van der Waals surface area contributed by atoms with Crippen LogP contribution in [-0.2, 0) is 6.42 Å². The number of aliphatic imine (C=N–C) groups is 1. The summed E-state index contributed by atoms with van der Waals surface area (Å²) in [5.41, 5.74) is 1.24. The van der Waals surface area contributed by atoms with Gasteiger partial charge in [-0.2, -0.15) is 11.8 Å². The highest BCUT2D eigenvalue weighted by molar-refractivity contribution is 7.98. The summed E-state index contributed by atoms with van der Waals surface area (Å²) in [4.78, 5) is 4.60. The molecule has 0 fully saturated rings. The van der Waals surface area contributed by atoms with Crippen LogP contribution in [0.4, 0.5) is 0 Å². The maximum absolute atomic E-state index is 9.26. The number of nitrogens with zero attached hydrogens (tertiary/aromatic N) is 1. The van der Waals surface area contributed by atoms with Crippen LogP contribution in [0.1, 0.15) is 31.7 Å². The number of nitrogens with one attached hydrogen (secondary N) is 2. The van der Waals surface area contributed by atoms with E-state index in [1.54, 1.807) is 12.1 Å². The molecular weight excluding hydrogens is 294 g/mol. The lowest BCUT2D eigenvalue weighted by Gasteiger charge is -2.11. The van der Waals surface area contributed by atoms with Gasteiger partial charge < -0.3 is 15.7 Å². The smallest absolute Gasteiger partial charge is 0.191 e. The summed E-state index contributed by atoms with van der Waals surface area (Å²) in [5.74, 6) is 2.46. The second kappa shape index (κ2) is 12.2. The zero-order chi connectivity index (χ0) is 16.0. The van der Waals surface area contributed by atoms with E-state index in [1.807, 2.05) is 23.9 Å². The van der Waals surface area contributed by atoms with E-state index in [-0.39, 0.29) is 0 Å². The maximum Gasteiger partial charge on any atom is 0.191 e. The number of aromatic hydroxyl groups is 1. The van der Waals surface area contributed by atoms with Crippen LogP contribution in [0, 0.1) is 0 Å². The lowest BCUT2D eigenvalue weighted by molar-refractivity contribution is 0.475. The summed E-state index contributed by atoms with van der Waals surface area (Å²) in [7, 11) is 0. The van der Waals surface area contributed by atoms with Crippen molar-refractivity contribution in [2.24, 2.45) is 4.99 Å². The van der Waals surface area contributed by atoms with Gasteiger partial charge in [0.2, 0.25) is 0 Å². The molecule has 5 heteroatoms. The Morgan fingerprint density at radius 1 is 1.14 bits per heavy atom. The number of unbranched alkanes of at least 4 members (excludes halogenated alkanes) is 1. The van der Waals surface area contributed by atoms with E-state index in [0.717, 1.165) is 38.4 Å². The van der Waals surface area contributed by atoms with E-state index in [0.29, 0.717) is 5.75 Å². The molecule has 0 radical (unpaired) electrons. The Kier molecular flexibility index (Phi) is 10.4. The van der Waals surface area contributed by atoms with Gasteiger partial charge in [-0.3, -0.25) is 4.99 Å². The van der Waals surface area contributed by atoms with Crippen molar-refractivity contribution in [1.82, 2.24) is 10.6 Å². The quantitative estimate of drug-likeness (QED) is 0.352. The van der Waals surface area contributed by atoms with Crippen molar-refractivity contribution in [3.8, 4) is 5.75 Å². The summed E-state index contributed by atoms with van der Waals surface area (Å²) >= 11 is 1.90. The van der Waals surface area contributed by atoms with Crippen molar-refractivity contribution in [3.05, 3.63) is 29.8 Å². The van der Waals surface area contributed by atoms with Gasteiger partial charge in [-0.05, 0) is 62.3 Å². The summed E-state index contributed by atoms with van der Waals surface area (Å²) < 4.78 is 0. The third-order valence-corrected chi connectivity index (χ3v) is 3.94. The fraction of sp³-hybridized carbons (Fsp3) is 0.588. The number of benzene rings is 1. The Hall–Kier alpha value is -1.36. The predicted molar refractivity (Wildman–Crippen MR) is 98.0 cm³/mol. The Morgan fingerprint density at radius 2 is 1.91 bits per heavy atom. The molecule has 1 aromatic rings. The molecule has 0 unspecified atom stereocenters. The van der Waals surface area contributed by atoms with Crippen LogP contribution >= 0.6 is 11.8 Å². The van der Waals surface area contributed by atoms with Gasteiger partial charge in [0.05, 0.1) is 0 Å². The molecule has 124 valence electrons. The molecule has 4 nitrogen and oxygen atoms in total. The molecule has 0 heterocycles. The second-order valence-electron chi connectivity index (χ2n) is 5.16. The summed E-state index contributed by atoms with van der Waals surface area (Å²) in [6.45, 7) is 4.75. The topological polar surface area (TPSA) is 56.7 Å². The zero-order valence-corrected chi connectivity index (χ0v) is 14.6. The summed E-state index contributed by atoms with van der Waals surface area (Å²) in [6.07, 6.45) is 6.56. The van der Waals surface area contributed by atoms with Gasteiger partial charge in [0.25, 0.3) is 0 Å². The number of thioether (sulfide) groups is 1. The van der Waals surface area contributed by atoms with Gasteiger partial charge in [-0.15, -0.1) is 0 Å². The van der Waals surface area contributed by atoms with E-state index >= 15 is 0 Å². The molecule has 0 aliphatic rings. The minimum atomic E-state index is 0.321. The molecule has 0 aromatic heterocycles. The molecule has 0 amide bonds. The molecule has 0 atom stereocenters. The number of hydrogen-bond donors (Lipinski definition) is 3. The molecule has 0 bridgehead atoms. The Labute approximate surface area is 138 Å². The summed E-state index contributed by atoms with van der Waals surface area (Å²) in [5, 5.41) is 15.9. The maximum atomic E-state index is 9.26. The first-order valence-corrected chi connectivity index (χ1v) is 9.44. The molecule has 0 spiro atoms. The number of phenols is 1. The van der Waals surface area contributed by atoms with Gasteiger partial charge in [0.1, 0.15) is 5.75 Å². The second-order valence-corrected chi connectivity index (χ2v) is 6.14. The van der Waals surface area contributed by atoms with Gasteiger partial charge in [0, 0.05) is 19.6 Å². The van der Waals surface area contributed by atoms with Crippen LogP contribution in [-0.4, -0.2) is 42.7 Å². The Morgan fingerprint density at radius 3 is 2.59 bits per heavy atom. The van der Waals surface area contributed by atoms with Crippen LogP contribution in [0.15, 0.2) is 29.3 Å². The van der Waals surface area contributed by atoms with Gasteiger partial charge in [-0.1, -0.05) is 12.1 Å². The molecule has 1 aromatic carbocycles. The lowest BCUT2D eigenvalue weighted by atomic mass is 10.1. The number of aryl methyl sites for hydroxylation is 1. The standard InChI is InChI=1S/C17H29N3OS/c1-3-18-17(19-12-4-5-14-22-2)20-13-6-7-15-8-10-16(21)11-9-15/h8-11,21H,3-7,12-14H2,1-2H3,(H2,18,19,20). The molecule has 3 N–H and O–H groups in total. The third-order valence-electron chi connectivity index (χ3n) is 3.24. The van der Waals surface area contributed by atoms with Crippen molar-refractivity contribution >= 4 is 17.7 Å². The normalized spacial score (nSPS) is 11.5. The van der Waals surface area contributed by atoms with Crippen LogP contribution in [0.5, 0.6) is 5.75 Å². The highest BCUT2D eigenvalue weighted by atomic mass is 32.2. The Balaban J connectivity index is 2.24. The first-order valence-electron chi connectivity index (χ1n) is 8.05. The fourth-order valence-electron chi connectivity index (χ4n) is 2.06. The third kappa shape index (κ3) is 8.82. The van der Waals surface area contributed by atoms with E-state index in [4.69, 9.17) is 0 Å². The minimum Gasteiger partial charge on any atom is -0.508 e. The molecular formula is C17H29N3OS. The van der Waals surface area contributed by atoms with Crippen LogP contribution in [0.2, 0.25) is 0 Å². The lowest BCUT2D eigenvalue weighted by Crippen LogP contribution is -2.37. The van der Waals surface area contributed by atoms with Gasteiger partial charge >= 0.3 is 0 Å². The van der Waals surface area contributed by atoms with Crippen LogP contribution in [0.25, 0.3) is 0 Å². The van der Waals surface area contributed by atoms with Crippen LogP contribution < -0.4 is 10.6 Å². The van der Waals surface area contributed by atoms with Crippen molar-refractivity contribution < 1.29 is 5.11 Å². The van der Waals surface area contributed by atoms with E-state index in [2.05, 4.69) is 28.8 Å². The number of hydrogen-bond acceptors (Lipinski definition) is 3. The highest BCUT2D eigenvalue weighted by Crippen LogP contribution is 2.10. The van der Waals surface area contributed by atoms with Gasteiger partial charge in [0.15, 0.2) is 5.96 Å². The monoisotopic (exact) mass is 323 g/mol. The molecule has 0 saturated carbocycles. The van der Waals surface area contributed by atoms with E-state index in [1.165, 1.54) is 24.2 Å².